The summed E-state index contributed by atoms with van der Waals surface area (Å²) in [6.07, 6.45) is 0. The van der Waals surface area contributed by atoms with Crippen molar-refractivity contribution >= 4 is 27.5 Å². The molecule has 0 N–H and O–H groups in total. The number of hydrogen-bond donors (Lipinski definition) is 0. The topological polar surface area (TPSA) is 23.1 Å². The van der Waals surface area contributed by atoms with Crippen LogP contribution in [-0.2, 0) is 0 Å². The van der Waals surface area contributed by atoms with Gasteiger partial charge >= 0.3 is 29.6 Å². The Morgan fingerprint density at radius 2 is 2.00 bits per heavy atom. The minimum Gasteiger partial charge on any atom is -0.872 e. The Morgan fingerprint density at radius 3 is 2.40 bits per heavy atom. The molecular formula is C6H3BrClNaO. The van der Waals surface area contributed by atoms with Crippen molar-refractivity contribution in [3.05, 3.63) is 27.7 Å². The van der Waals surface area contributed by atoms with Gasteiger partial charge in [0.25, 0.3) is 0 Å². The van der Waals surface area contributed by atoms with Crippen LogP contribution >= 0.6 is 27.5 Å². The first kappa shape index (κ1) is 10.8. The Labute approximate surface area is 94.8 Å². The molecule has 0 atom stereocenters. The van der Waals surface area contributed by atoms with E-state index in [-0.39, 0.29) is 35.3 Å². The van der Waals surface area contributed by atoms with E-state index >= 15 is 0 Å². The number of halogens is 2. The van der Waals surface area contributed by atoms with Crippen LogP contribution in [-0.4, -0.2) is 0 Å². The second kappa shape index (κ2) is 4.62. The standard InChI is InChI=1S/C6H4BrClO.Na/c7-5-3-4(8)1-2-6(5)9;/h1-3,9H;/q;+1/p-1. The largest absolute Gasteiger partial charge is 1.00 e. The number of benzene rings is 1. The fourth-order valence-electron chi connectivity index (χ4n) is 0.475. The van der Waals surface area contributed by atoms with Crippen molar-refractivity contribution in [2.45, 2.75) is 0 Å². The maximum Gasteiger partial charge on any atom is 1.00 e. The Bertz CT molecular complexity index is 229. The van der Waals surface area contributed by atoms with Crippen molar-refractivity contribution in [1.82, 2.24) is 0 Å². The molecule has 1 aromatic carbocycles. The van der Waals surface area contributed by atoms with Gasteiger partial charge in [0.2, 0.25) is 0 Å². The van der Waals surface area contributed by atoms with Gasteiger partial charge in [0.1, 0.15) is 0 Å². The van der Waals surface area contributed by atoms with Crippen LogP contribution in [0.5, 0.6) is 5.75 Å². The fraction of sp³-hybridized carbons (Fsp3) is 0. The summed E-state index contributed by atoms with van der Waals surface area (Å²) >= 11 is 8.60. The summed E-state index contributed by atoms with van der Waals surface area (Å²) in [6, 6.07) is 4.56. The molecule has 0 saturated heterocycles. The SMILES string of the molecule is [Na+].[O-]c1ccc(Cl)cc1Br. The van der Waals surface area contributed by atoms with E-state index in [1.165, 1.54) is 6.07 Å². The quantitative estimate of drug-likeness (QED) is 0.533. The van der Waals surface area contributed by atoms with Crippen molar-refractivity contribution in [2.75, 3.05) is 0 Å². The Kier molecular flexibility index (Phi) is 4.99. The zero-order valence-corrected chi connectivity index (χ0v) is 9.74. The molecule has 4 heteroatoms. The maximum absolute atomic E-state index is 10.7. The monoisotopic (exact) mass is 228 g/mol. The summed E-state index contributed by atoms with van der Waals surface area (Å²) in [5.41, 5.74) is 0. The van der Waals surface area contributed by atoms with Gasteiger partial charge < -0.3 is 5.11 Å². The summed E-state index contributed by atoms with van der Waals surface area (Å²) in [5, 5.41) is 11.2. The molecule has 10 heavy (non-hydrogen) atoms. The molecule has 48 valence electrons. The molecule has 0 heterocycles. The van der Waals surface area contributed by atoms with E-state index in [4.69, 9.17) is 11.6 Å². The minimum atomic E-state index is -0.0422. The summed E-state index contributed by atoms with van der Waals surface area (Å²) in [6.45, 7) is 0. The van der Waals surface area contributed by atoms with Gasteiger partial charge in [-0.25, -0.2) is 0 Å². The van der Waals surface area contributed by atoms with Crippen molar-refractivity contribution < 1.29 is 34.7 Å². The molecule has 1 rings (SSSR count). The molecule has 0 spiro atoms. The molecule has 0 fully saturated rings. The minimum absolute atomic E-state index is 0. The van der Waals surface area contributed by atoms with Crippen LogP contribution in [0.15, 0.2) is 22.7 Å². The van der Waals surface area contributed by atoms with E-state index in [1.807, 2.05) is 0 Å². The first-order valence-corrected chi connectivity index (χ1v) is 3.49. The van der Waals surface area contributed by atoms with Crippen molar-refractivity contribution in [1.29, 1.82) is 0 Å². The van der Waals surface area contributed by atoms with Gasteiger partial charge in [-0.1, -0.05) is 39.3 Å². The summed E-state index contributed by atoms with van der Waals surface area (Å²) in [7, 11) is 0. The summed E-state index contributed by atoms with van der Waals surface area (Å²) in [5.74, 6) is -0.0422. The normalized spacial score (nSPS) is 8.60. The zero-order valence-electron chi connectivity index (χ0n) is 5.40. The molecule has 0 unspecified atom stereocenters. The smallest absolute Gasteiger partial charge is 0.872 e. The molecule has 1 nitrogen and oxygen atoms in total. The van der Waals surface area contributed by atoms with Crippen LogP contribution in [0, 0.1) is 0 Å². The van der Waals surface area contributed by atoms with E-state index in [0.717, 1.165) is 0 Å². The van der Waals surface area contributed by atoms with Gasteiger partial charge in [0.05, 0.1) is 0 Å². The summed E-state index contributed by atoms with van der Waals surface area (Å²) in [4.78, 5) is 0. The molecule has 0 radical (unpaired) electrons. The third-order valence-electron chi connectivity index (χ3n) is 0.894. The number of rotatable bonds is 0. The molecule has 0 bridgehead atoms. The van der Waals surface area contributed by atoms with E-state index in [9.17, 15) is 5.11 Å². The predicted molar refractivity (Wildman–Crippen MR) is 38.6 cm³/mol. The molecule has 0 aliphatic rings. The average molecular weight is 229 g/mol. The first-order valence-electron chi connectivity index (χ1n) is 2.32. The zero-order chi connectivity index (χ0) is 6.85. The number of hydrogen-bond acceptors (Lipinski definition) is 1. The third-order valence-corrected chi connectivity index (χ3v) is 1.75. The third kappa shape index (κ3) is 2.81. The molecule has 0 aromatic heterocycles. The van der Waals surface area contributed by atoms with Gasteiger partial charge in [-0.3, -0.25) is 0 Å². The fourth-order valence-corrected chi connectivity index (χ4v) is 1.16. The van der Waals surface area contributed by atoms with Gasteiger partial charge in [-0.15, -0.1) is 0 Å². The van der Waals surface area contributed by atoms with Crippen LogP contribution < -0.4 is 34.7 Å². The van der Waals surface area contributed by atoms with Gasteiger partial charge in [-0.2, -0.15) is 0 Å². The van der Waals surface area contributed by atoms with Crippen LogP contribution in [0.4, 0.5) is 0 Å². The molecular weight excluding hydrogens is 226 g/mol. The average Bonchev–Trinajstić information content (AvgIpc) is 1.80. The Balaban J connectivity index is 0.000000810. The molecule has 0 saturated carbocycles. The van der Waals surface area contributed by atoms with Crippen LogP contribution in [0.1, 0.15) is 0 Å². The second-order valence-electron chi connectivity index (χ2n) is 1.57. The van der Waals surface area contributed by atoms with Crippen LogP contribution in [0.2, 0.25) is 5.02 Å². The van der Waals surface area contributed by atoms with Gasteiger partial charge in [0.15, 0.2) is 0 Å². The molecule has 0 amide bonds. The van der Waals surface area contributed by atoms with Crippen LogP contribution in [0.3, 0.4) is 0 Å². The first-order chi connectivity index (χ1) is 4.20. The molecule has 1 aromatic rings. The second-order valence-corrected chi connectivity index (χ2v) is 2.87. The van der Waals surface area contributed by atoms with E-state index < -0.39 is 0 Å². The predicted octanol–water partition coefficient (Wildman–Crippen LogP) is -0.820. The van der Waals surface area contributed by atoms with E-state index in [2.05, 4.69) is 15.9 Å². The van der Waals surface area contributed by atoms with Crippen LogP contribution in [0.25, 0.3) is 0 Å². The van der Waals surface area contributed by atoms with Crippen molar-refractivity contribution in [3.8, 4) is 5.75 Å². The van der Waals surface area contributed by atoms with Gasteiger partial charge in [0, 0.05) is 9.50 Å². The van der Waals surface area contributed by atoms with Crippen molar-refractivity contribution in [2.24, 2.45) is 0 Å². The summed E-state index contributed by atoms with van der Waals surface area (Å²) < 4.78 is 0.509. The van der Waals surface area contributed by atoms with E-state index in [1.54, 1.807) is 12.1 Å². The molecule has 0 aliphatic heterocycles. The Hall–Kier alpha value is 0.790. The Morgan fingerprint density at radius 1 is 1.40 bits per heavy atom. The van der Waals surface area contributed by atoms with Gasteiger partial charge in [-0.05, 0) is 12.1 Å². The van der Waals surface area contributed by atoms with E-state index in [0.29, 0.717) is 9.50 Å². The van der Waals surface area contributed by atoms with Crippen molar-refractivity contribution in [3.63, 3.8) is 0 Å². The maximum atomic E-state index is 10.7. The molecule has 0 aliphatic carbocycles.